The lowest BCUT2D eigenvalue weighted by Crippen LogP contribution is -2.32. The Morgan fingerprint density at radius 1 is 0.769 bits per heavy atom. The molecule has 11 heteroatoms. The molecule has 206 valence electrons. The van der Waals surface area contributed by atoms with Gasteiger partial charge in [0.2, 0.25) is 0 Å². The summed E-state index contributed by atoms with van der Waals surface area (Å²) in [5, 5.41) is 8.92. The summed E-state index contributed by atoms with van der Waals surface area (Å²) in [5.74, 6) is -1.15. The zero-order chi connectivity index (χ0) is 28.6. The lowest BCUT2D eigenvalue weighted by Gasteiger charge is -2.20. The van der Waals surface area contributed by atoms with Crippen LogP contribution in [0.15, 0.2) is 90.1 Å². The first kappa shape index (κ1) is 30.3. The quantitative estimate of drug-likeness (QED) is 0.0747. The number of rotatable bonds is 13. The van der Waals surface area contributed by atoms with E-state index in [2.05, 4.69) is 28.9 Å². The minimum atomic E-state index is -1.07. The molecule has 0 radical (unpaired) electrons. The van der Waals surface area contributed by atoms with Crippen molar-refractivity contribution in [1.82, 2.24) is 10.6 Å². The Hall–Kier alpha value is -4.93. The maximum Gasteiger partial charge on any atom is 0.433 e. The monoisotopic (exact) mass is 537 g/mol. The zero-order valence-electron chi connectivity index (χ0n) is 21.8. The molecule has 0 heterocycles. The molecule has 0 aliphatic rings. The molecule has 11 nitrogen and oxygen atoms in total. The number of alkyl carbamates (subject to hydrolysis) is 1. The molecule has 2 rings (SSSR count). The number of carbonyl (C=O) groups excluding carboxylic acids is 4. The van der Waals surface area contributed by atoms with Gasteiger partial charge in [-0.25, -0.2) is 19.2 Å². The van der Waals surface area contributed by atoms with E-state index in [1.165, 1.54) is 13.8 Å². The fourth-order valence-electron chi connectivity index (χ4n) is 2.88. The van der Waals surface area contributed by atoms with Crippen LogP contribution in [0, 0.1) is 0 Å². The van der Waals surface area contributed by atoms with Crippen molar-refractivity contribution in [3.8, 4) is 0 Å². The van der Waals surface area contributed by atoms with Gasteiger partial charge in [-0.3, -0.25) is 4.84 Å². The first-order valence-corrected chi connectivity index (χ1v) is 11.9. The first-order chi connectivity index (χ1) is 18.7. The van der Waals surface area contributed by atoms with Crippen molar-refractivity contribution in [3.05, 3.63) is 96.1 Å². The standard InChI is InChI=1S/C28H31N3O8/c1-19(2)25(32)36-17-15-29-27(34)38-24(22-13-9-6-10-14-22)23(21-11-7-5-8-12-21)31-39-28(35)30-16-18-37-26(33)20(3)4/h5-14,24H,1,3,15-18H2,2,4H3,(H,29,34)(H,30,35)/b31-23-. The van der Waals surface area contributed by atoms with Gasteiger partial charge in [0.05, 0.1) is 13.1 Å². The number of nitrogens with zero attached hydrogens (tertiary/aromatic N) is 1. The number of esters is 2. The van der Waals surface area contributed by atoms with E-state index in [0.717, 1.165) is 0 Å². The third-order valence-corrected chi connectivity index (χ3v) is 4.78. The Kier molecular flexibility index (Phi) is 12.4. The second-order valence-corrected chi connectivity index (χ2v) is 8.10. The van der Waals surface area contributed by atoms with Crippen LogP contribution >= 0.6 is 0 Å². The number of nitrogens with one attached hydrogen (secondary N) is 2. The van der Waals surface area contributed by atoms with Gasteiger partial charge in [-0.2, -0.15) is 0 Å². The van der Waals surface area contributed by atoms with Crippen LogP contribution in [0.5, 0.6) is 0 Å². The summed E-state index contributed by atoms with van der Waals surface area (Å²) in [6.45, 7) is 9.78. The number of hydrogen-bond donors (Lipinski definition) is 2. The van der Waals surface area contributed by atoms with E-state index in [4.69, 9.17) is 19.0 Å². The molecule has 0 fully saturated rings. The summed E-state index contributed by atoms with van der Waals surface area (Å²) >= 11 is 0. The van der Waals surface area contributed by atoms with Crippen molar-refractivity contribution in [3.63, 3.8) is 0 Å². The van der Waals surface area contributed by atoms with Gasteiger partial charge < -0.3 is 24.8 Å². The van der Waals surface area contributed by atoms with E-state index in [9.17, 15) is 19.2 Å². The molecule has 2 N–H and O–H groups in total. The van der Waals surface area contributed by atoms with Gasteiger partial charge in [-0.15, -0.1) is 0 Å². The second-order valence-electron chi connectivity index (χ2n) is 8.10. The summed E-state index contributed by atoms with van der Waals surface area (Å²) in [5.41, 5.74) is 1.69. The van der Waals surface area contributed by atoms with Gasteiger partial charge in [-0.1, -0.05) is 79.0 Å². The molecule has 0 aliphatic carbocycles. The van der Waals surface area contributed by atoms with E-state index in [1.807, 2.05) is 0 Å². The molecule has 0 saturated carbocycles. The van der Waals surface area contributed by atoms with Crippen molar-refractivity contribution in [2.24, 2.45) is 5.16 Å². The predicted octanol–water partition coefficient (Wildman–Crippen LogP) is 3.82. The van der Waals surface area contributed by atoms with Crippen LogP contribution in [0.25, 0.3) is 0 Å². The predicted molar refractivity (Wildman–Crippen MR) is 143 cm³/mol. The lowest BCUT2D eigenvalue weighted by molar-refractivity contribution is -0.139. The van der Waals surface area contributed by atoms with Gasteiger partial charge in [0.25, 0.3) is 0 Å². The number of hydrogen-bond acceptors (Lipinski definition) is 9. The van der Waals surface area contributed by atoms with Gasteiger partial charge in [0, 0.05) is 16.7 Å². The molecule has 2 aromatic rings. The first-order valence-electron chi connectivity index (χ1n) is 11.9. The van der Waals surface area contributed by atoms with Crippen molar-refractivity contribution in [2.45, 2.75) is 20.0 Å². The number of ether oxygens (including phenoxy) is 3. The summed E-state index contributed by atoms with van der Waals surface area (Å²) in [6, 6.07) is 17.5. The molecule has 0 bridgehead atoms. The van der Waals surface area contributed by atoms with Crippen molar-refractivity contribution in [2.75, 3.05) is 26.3 Å². The molecule has 1 unspecified atom stereocenters. The summed E-state index contributed by atoms with van der Waals surface area (Å²) in [7, 11) is 0. The van der Waals surface area contributed by atoms with Gasteiger partial charge in [0.1, 0.15) is 18.9 Å². The topological polar surface area (TPSA) is 142 Å². The second kappa shape index (κ2) is 16.0. The zero-order valence-corrected chi connectivity index (χ0v) is 21.8. The highest BCUT2D eigenvalue weighted by Crippen LogP contribution is 2.24. The largest absolute Gasteiger partial charge is 0.460 e. The fourth-order valence-corrected chi connectivity index (χ4v) is 2.88. The summed E-state index contributed by atoms with van der Waals surface area (Å²) in [4.78, 5) is 52.9. The minimum Gasteiger partial charge on any atom is -0.460 e. The van der Waals surface area contributed by atoms with E-state index in [0.29, 0.717) is 11.1 Å². The molecule has 2 aromatic carbocycles. The Bertz CT molecular complexity index is 1200. The van der Waals surface area contributed by atoms with Crippen LogP contribution in [0.1, 0.15) is 31.1 Å². The Labute approximate surface area is 226 Å². The maximum absolute atomic E-state index is 12.6. The Balaban J connectivity index is 2.16. The SMILES string of the molecule is C=C(C)C(=O)OCCNC(=O)O/N=C(/c1ccccc1)C(OC(=O)NCCOC(=O)C(=C)C)c1ccccc1. The maximum atomic E-state index is 12.6. The number of amides is 2. The minimum absolute atomic E-state index is 0.00790. The highest BCUT2D eigenvalue weighted by molar-refractivity contribution is 6.05. The summed E-state index contributed by atoms with van der Waals surface area (Å²) < 4.78 is 15.5. The van der Waals surface area contributed by atoms with Crippen LogP contribution < -0.4 is 10.6 Å². The van der Waals surface area contributed by atoms with E-state index >= 15 is 0 Å². The molecule has 0 spiro atoms. The van der Waals surface area contributed by atoms with Crippen molar-refractivity contribution < 1.29 is 38.2 Å². The average molecular weight is 538 g/mol. The molecule has 39 heavy (non-hydrogen) atoms. The third kappa shape index (κ3) is 10.9. The Morgan fingerprint density at radius 3 is 1.77 bits per heavy atom. The normalized spacial score (nSPS) is 11.4. The highest BCUT2D eigenvalue weighted by Gasteiger charge is 2.26. The number of oxime groups is 1. The molecule has 0 saturated heterocycles. The Morgan fingerprint density at radius 2 is 1.26 bits per heavy atom. The smallest absolute Gasteiger partial charge is 0.433 e. The van der Waals surface area contributed by atoms with Crippen LogP contribution in [0.2, 0.25) is 0 Å². The molecule has 0 aromatic heterocycles. The van der Waals surface area contributed by atoms with Crippen LogP contribution in [-0.4, -0.2) is 56.1 Å². The van der Waals surface area contributed by atoms with Crippen molar-refractivity contribution >= 4 is 29.8 Å². The lowest BCUT2D eigenvalue weighted by atomic mass is 9.99. The molecule has 1 atom stereocenters. The number of benzene rings is 2. The molecule has 2 amide bonds. The fraction of sp³-hybridized carbons (Fsp3) is 0.250. The van der Waals surface area contributed by atoms with Gasteiger partial charge >= 0.3 is 24.1 Å². The third-order valence-electron chi connectivity index (χ3n) is 4.78. The van der Waals surface area contributed by atoms with Crippen molar-refractivity contribution in [1.29, 1.82) is 0 Å². The van der Waals surface area contributed by atoms with Crippen LogP contribution in [0.3, 0.4) is 0 Å². The molecular formula is C28H31N3O8. The highest BCUT2D eigenvalue weighted by atomic mass is 16.7. The molecular weight excluding hydrogens is 506 g/mol. The van der Waals surface area contributed by atoms with Crippen LogP contribution in [-0.2, 0) is 28.6 Å². The number of carbonyl (C=O) groups is 4. The molecule has 0 aliphatic heterocycles. The average Bonchev–Trinajstić information content (AvgIpc) is 2.93. The van der Waals surface area contributed by atoms with E-state index in [1.54, 1.807) is 60.7 Å². The van der Waals surface area contributed by atoms with E-state index < -0.39 is 30.2 Å². The van der Waals surface area contributed by atoms with Crippen LogP contribution in [0.4, 0.5) is 9.59 Å². The summed E-state index contributed by atoms with van der Waals surface area (Å²) in [6.07, 6.45) is -2.80. The van der Waals surface area contributed by atoms with Gasteiger partial charge in [0.15, 0.2) is 6.10 Å². The van der Waals surface area contributed by atoms with E-state index in [-0.39, 0.29) is 43.2 Å². The van der Waals surface area contributed by atoms with Gasteiger partial charge in [-0.05, 0) is 19.4 Å².